The maximum Gasteiger partial charge on any atom is 0.132 e. The van der Waals surface area contributed by atoms with Crippen molar-refractivity contribution in [3.63, 3.8) is 0 Å². The zero-order chi connectivity index (χ0) is 21.5. The summed E-state index contributed by atoms with van der Waals surface area (Å²) in [5.74, 6) is 0. The summed E-state index contributed by atoms with van der Waals surface area (Å²) in [7, 11) is 0. The van der Waals surface area contributed by atoms with E-state index in [-0.39, 0.29) is 0 Å². The van der Waals surface area contributed by atoms with Crippen molar-refractivity contribution in [1.82, 2.24) is 35.0 Å². The van der Waals surface area contributed by atoms with Crippen molar-refractivity contribution in [3.8, 4) is 16.9 Å². The van der Waals surface area contributed by atoms with Crippen molar-refractivity contribution in [2.75, 3.05) is 0 Å². The fourth-order valence-electron chi connectivity index (χ4n) is 4.01. The molecule has 0 unspecified atom stereocenters. The Hall–Kier alpha value is -3.97. The van der Waals surface area contributed by atoms with E-state index in [1.807, 2.05) is 47.3 Å². The van der Waals surface area contributed by atoms with Crippen molar-refractivity contribution in [2.45, 2.75) is 13.0 Å². The number of halogens is 1. The van der Waals surface area contributed by atoms with Crippen molar-refractivity contribution in [2.24, 2.45) is 0 Å². The van der Waals surface area contributed by atoms with Crippen LogP contribution >= 0.6 is 11.6 Å². The van der Waals surface area contributed by atoms with Gasteiger partial charge in [-0.1, -0.05) is 47.1 Å². The summed E-state index contributed by atoms with van der Waals surface area (Å²) in [6.45, 7) is 0.774. The summed E-state index contributed by atoms with van der Waals surface area (Å²) in [5.41, 5.74) is 6.57. The third-order valence-electron chi connectivity index (χ3n) is 5.64. The predicted molar refractivity (Wildman–Crippen MR) is 125 cm³/mol. The van der Waals surface area contributed by atoms with E-state index in [1.54, 1.807) is 10.9 Å². The van der Waals surface area contributed by atoms with Crippen LogP contribution in [0.4, 0.5) is 0 Å². The number of H-pyrrole nitrogens is 1. The van der Waals surface area contributed by atoms with E-state index in [2.05, 4.69) is 55.9 Å². The van der Waals surface area contributed by atoms with Crippen molar-refractivity contribution >= 4 is 33.5 Å². The first-order valence-corrected chi connectivity index (χ1v) is 10.7. The molecule has 32 heavy (non-hydrogen) atoms. The molecular weight excluding hydrogens is 422 g/mol. The van der Waals surface area contributed by atoms with Crippen LogP contribution in [0.3, 0.4) is 0 Å². The molecule has 0 bridgehead atoms. The molecule has 0 saturated carbocycles. The monoisotopic (exact) mass is 439 g/mol. The Balaban J connectivity index is 1.41. The first-order chi connectivity index (χ1) is 15.8. The first-order valence-electron chi connectivity index (χ1n) is 10.3. The lowest BCUT2D eigenvalue weighted by atomic mass is 10.1. The molecule has 3 aromatic carbocycles. The quantitative estimate of drug-likeness (QED) is 0.407. The van der Waals surface area contributed by atoms with Crippen LogP contribution in [0.2, 0.25) is 5.02 Å². The first kappa shape index (κ1) is 18.8. The van der Waals surface area contributed by atoms with Gasteiger partial charge in [0.2, 0.25) is 0 Å². The van der Waals surface area contributed by atoms with E-state index in [9.17, 15) is 0 Å². The molecule has 0 saturated heterocycles. The van der Waals surface area contributed by atoms with Gasteiger partial charge in [0.05, 0.1) is 33.6 Å². The van der Waals surface area contributed by atoms with Gasteiger partial charge in [-0.15, -0.1) is 5.10 Å². The highest BCUT2D eigenvalue weighted by Gasteiger charge is 2.15. The summed E-state index contributed by atoms with van der Waals surface area (Å²) >= 11 is 6.62. The van der Waals surface area contributed by atoms with Gasteiger partial charge in [-0.3, -0.25) is 9.78 Å². The zero-order valence-corrected chi connectivity index (χ0v) is 17.7. The number of benzene rings is 3. The second kappa shape index (κ2) is 7.62. The summed E-state index contributed by atoms with van der Waals surface area (Å²) in [4.78, 5) is 0. The Kier molecular flexibility index (Phi) is 4.47. The van der Waals surface area contributed by atoms with Crippen LogP contribution in [-0.2, 0) is 13.0 Å². The summed E-state index contributed by atoms with van der Waals surface area (Å²) in [6.07, 6.45) is 4.51. The summed E-state index contributed by atoms with van der Waals surface area (Å²) in [6, 6.07) is 22.4. The van der Waals surface area contributed by atoms with Gasteiger partial charge in [-0.05, 0) is 48.4 Å². The molecule has 0 aliphatic rings. The molecule has 0 amide bonds. The van der Waals surface area contributed by atoms with E-state index in [0.717, 1.165) is 46.3 Å². The van der Waals surface area contributed by atoms with Gasteiger partial charge in [0.25, 0.3) is 0 Å². The number of rotatable bonds is 5. The van der Waals surface area contributed by atoms with Crippen LogP contribution < -0.4 is 0 Å². The number of hydrogen-bond acceptors (Lipinski definition) is 4. The maximum absolute atomic E-state index is 6.62. The fourth-order valence-corrected chi connectivity index (χ4v) is 4.27. The molecule has 3 heterocycles. The third kappa shape index (κ3) is 3.23. The molecule has 6 aromatic rings. The number of aromatic nitrogens is 7. The number of nitrogens with zero attached hydrogens (tertiary/aromatic N) is 6. The maximum atomic E-state index is 6.62. The highest BCUT2D eigenvalue weighted by atomic mass is 35.5. The molecule has 156 valence electrons. The van der Waals surface area contributed by atoms with E-state index < -0.39 is 0 Å². The van der Waals surface area contributed by atoms with Crippen LogP contribution in [0.1, 0.15) is 5.56 Å². The molecule has 0 aliphatic carbocycles. The number of aromatic amines is 1. The number of fused-ring (bicyclic) bond motifs is 2. The van der Waals surface area contributed by atoms with Crippen LogP contribution in [0.15, 0.2) is 79.1 Å². The van der Waals surface area contributed by atoms with Crippen LogP contribution in [-0.4, -0.2) is 35.0 Å². The van der Waals surface area contributed by atoms with E-state index in [4.69, 9.17) is 11.6 Å². The molecule has 7 nitrogen and oxygen atoms in total. The SMILES string of the molecule is Clc1cc(-c2ccnn2CCc2ccccc2)cc2c1nnn2-c1ccc2cn[nH]c2c1. The molecule has 1 N–H and O–H groups in total. The molecule has 0 aliphatic heterocycles. The molecule has 8 heteroatoms. The van der Waals surface area contributed by atoms with Gasteiger partial charge >= 0.3 is 0 Å². The fraction of sp³-hybridized carbons (Fsp3) is 0.0833. The van der Waals surface area contributed by atoms with Gasteiger partial charge in [0.1, 0.15) is 5.52 Å². The van der Waals surface area contributed by atoms with E-state index in [1.165, 1.54) is 5.56 Å². The van der Waals surface area contributed by atoms with Crippen LogP contribution in [0.25, 0.3) is 38.9 Å². The van der Waals surface area contributed by atoms with Gasteiger partial charge in [0.15, 0.2) is 0 Å². The molecule has 3 aromatic heterocycles. The molecule has 0 fully saturated rings. The van der Waals surface area contributed by atoms with Gasteiger partial charge in [-0.25, -0.2) is 4.68 Å². The smallest absolute Gasteiger partial charge is 0.132 e. The Labute approximate surface area is 188 Å². The number of nitrogens with one attached hydrogen (secondary N) is 1. The third-order valence-corrected chi connectivity index (χ3v) is 5.93. The van der Waals surface area contributed by atoms with E-state index >= 15 is 0 Å². The lowest BCUT2D eigenvalue weighted by Gasteiger charge is -2.09. The summed E-state index contributed by atoms with van der Waals surface area (Å²) in [5, 5.41) is 21.9. The van der Waals surface area contributed by atoms with Gasteiger partial charge in [-0.2, -0.15) is 10.2 Å². The number of hydrogen-bond donors (Lipinski definition) is 1. The minimum atomic E-state index is 0.558. The standard InChI is InChI=1S/C24H18ClN7/c25-20-12-18(22-8-10-27-31(22)11-9-16-4-2-1-3-5-16)13-23-24(20)29-30-32(23)19-7-6-17-15-26-28-21(17)14-19/h1-8,10,12-15H,9,11H2,(H,26,28). The lowest BCUT2D eigenvalue weighted by molar-refractivity contribution is 0.621. The Morgan fingerprint density at radius 3 is 2.78 bits per heavy atom. The van der Waals surface area contributed by atoms with Crippen LogP contribution in [0.5, 0.6) is 0 Å². The Morgan fingerprint density at radius 2 is 1.88 bits per heavy atom. The lowest BCUT2D eigenvalue weighted by Crippen LogP contribution is -2.05. The van der Waals surface area contributed by atoms with Crippen molar-refractivity contribution in [1.29, 1.82) is 0 Å². The highest BCUT2D eigenvalue weighted by Crippen LogP contribution is 2.31. The Morgan fingerprint density at radius 1 is 0.969 bits per heavy atom. The molecular formula is C24H18ClN7. The average Bonchev–Trinajstić information content (AvgIpc) is 3.56. The molecule has 0 atom stereocenters. The van der Waals surface area contributed by atoms with Gasteiger partial charge < -0.3 is 0 Å². The Bertz CT molecular complexity index is 1550. The normalized spacial score (nSPS) is 11.5. The molecule has 0 spiro atoms. The van der Waals surface area contributed by atoms with E-state index in [0.29, 0.717) is 10.5 Å². The van der Waals surface area contributed by atoms with Gasteiger partial charge in [0, 0.05) is 23.7 Å². The van der Waals surface area contributed by atoms with Crippen LogP contribution in [0, 0.1) is 0 Å². The topological polar surface area (TPSA) is 77.2 Å². The zero-order valence-electron chi connectivity index (χ0n) is 17.0. The average molecular weight is 440 g/mol. The summed E-state index contributed by atoms with van der Waals surface area (Å²) < 4.78 is 3.81. The molecule has 0 radical (unpaired) electrons. The minimum absolute atomic E-state index is 0.558. The largest absolute Gasteiger partial charge is 0.278 e. The minimum Gasteiger partial charge on any atom is -0.278 e. The van der Waals surface area contributed by atoms with Crippen molar-refractivity contribution in [3.05, 3.63) is 89.7 Å². The van der Waals surface area contributed by atoms with Crippen molar-refractivity contribution < 1.29 is 0 Å². The number of aryl methyl sites for hydroxylation is 2. The second-order valence-electron chi connectivity index (χ2n) is 7.64. The second-order valence-corrected chi connectivity index (χ2v) is 8.05. The molecule has 6 rings (SSSR count). The predicted octanol–water partition coefficient (Wildman–Crippen LogP) is 5.06. The highest BCUT2D eigenvalue weighted by molar-refractivity contribution is 6.35.